The molecule has 1 saturated carbocycles. The minimum atomic E-state index is -1.14. The van der Waals surface area contributed by atoms with Gasteiger partial charge in [-0.15, -0.1) is 0 Å². The van der Waals surface area contributed by atoms with Crippen molar-refractivity contribution in [1.29, 1.82) is 0 Å². The van der Waals surface area contributed by atoms with Crippen molar-refractivity contribution < 1.29 is 33.6 Å². The van der Waals surface area contributed by atoms with Crippen LogP contribution in [-0.2, 0) is 11.4 Å². The van der Waals surface area contributed by atoms with Crippen LogP contribution in [0.5, 0.6) is 17.5 Å². The Hall–Kier alpha value is -3.79. The van der Waals surface area contributed by atoms with Crippen LogP contribution in [0.4, 0.5) is 4.39 Å². The zero-order valence-corrected chi connectivity index (χ0v) is 19.2. The van der Waals surface area contributed by atoms with E-state index in [0.29, 0.717) is 17.0 Å². The number of hydrogen-bond donors (Lipinski definition) is 2. The van der Waals surface area contributed by atoms with Gasteiger partial charge in [-0.1, -0.05) is 12.1 Å². The summed E-state index contributed by atoms with van der Waals surface area (Å²) in [4.78, 5) is 23.7. The van der Waals surface area contributed by atoms with E-state index in [0.717, 1.165) is 31.9 Å². The number of benzene rings is 1. The van der Waals surface area contributed by atoms with Crippen LogP contribution in [0, 0.1) is 5.82 Å². The summed E-state index contributed by atoms with van der Waals surface area (Å²) >= 11 is 0. The number of methoxy groups -OCH3 is 1. The molecule has 0 spiro atoms. The molecule has 0 unspecified atom stereocenters. The van der Waals surface area contributed by atoms with Gasteiger partial charge in [0.25, 0.3) is 0 Å². The zero-order chi connectivity index (χ0) is 24.8. The second kappa shape index (κ2) is 11.1. The number of aromatic nitrogens is 3. The number of hydrogen-bond acceptors (Lipinski definition) is 8. The molecule has 2 N–H and O–H groups in total. The standard InChI is InChI=1S/C25H26FN3O6/c1-33-22-10-19(20(26)13-27-22)24-25(35-17-6-2-3-7-17)29-16(12-28-24)14-34-18-8-4-5-15(9-18)21(30)11-23(31)32/h4-5,8-10,12-13,17,21,30H,2-3,6-7,11,14H2,1H3,(H,31,32)/t21-/m1/s1. The molecule has 1 aliphatic carbocycles. The third kappa shape index (κ3) is 6.21. The summed E-state index contributed by atoms with van der Waals surface area (Å²) < 4.78 is 31.7. The van der Waals surface area contributed by atoms with E-state index in [1.165, 1.54) is 19.4 Å². The van der Waals surface area contributed by atoms with Crippen LogP contribution >= 0.6 is 0 Å². The van der Waals surface area contributed by atoms with Crippen LogP contribution in [-0.4, -0.2) is 44.3 Å². The smallest absolute Gasteiger partial charge is 0.306 e. The predicted molar refractivity (Wildman–Crippen MR) is 123 cm³/mol. The van der Waals surface area contributed by atoms with Gasteiger partial charge in [0.1, 0.15) is 29.8 Å². The Morgan fingerprint density at radius 3 is 2.74 bits per heavy atom. The first-order valence-corrected chi connectivity index (χ1v) is 11.3. The number of carbonyl (C=O) groups is 1. The molecule has 0 saturated heterocycles. The van der Waals surface area contributed by atoms with E-state index in [-0.39, 0.29) is 35.7 Å². The van der Waals surface area contributed by atoms with Crippen molar-refractivity contribution in [1.82, 2.24) is 15.0 Å². The maximum atomic E-state index is 14.6. The molecule has 0 amide bonds. The lowest BCUT2D eigenvalue weighted by atomic mass is 10.1. The fourth-order valence-electron chi connectivity index (χ4n) is 3.87. The highest BCUT2D eigenvalue weighted by Crippen LogP contribution is 2.33. The predicted octanol–water partition coefficient (Wildman–Crippen LogP) is 4.09. The van der Waals surface area contributed by atoms with Crippen LogP contribution < -0.4 is 14.2 Å². The number of rotatable bonds is 10. The monoisotopic (exact) mass is 483 g/mol. The zero-order valence-electron chi connectivity index (χ0n) is 19.2. The van der Waals surface area contributed by atoms with E-state index < -0.39 is 24.3 Å². The molecule has 1 atom stereocenters. The van der Waals surface area contributed by atoms with Gasteiger partial charge in [-0.3, -0.25) is 4.79 Å². The maximum absolute atomic E-state index is 14.6. The Morgan fingerprint density at radius 2 is 2.00 bits per heavy atom. The van der Waals surface area contributed by atoms with Crippen LogP contribution in [0.3, 0.4) is 0 Å². The van der Waals surface area contributed by atoms with E-state index in [1.807, 2.05) is 0 Å². The highest BCUT2D eigenvalue weighted by molar-refractivity contribution is 5.67. The maximum Gasteiger partial charge on any atom is 0.306 e. The van der Waals surface area contributed by atoms with Gasteiger partial charge >= 0.3 is 5.97 Å². The summed E-state index contributed by atoms with van der Waals surface area (Å²) in [6.07, 6.45) is 4.84. The number of ether oxygens (including phenoxy) is 3. The number of aliphatic hydroxyl groups excluding tert-OH is 1. The second-order valence-electron chi connectivity index (χ2n) is 8.22. The molecule has 0 radical (unpaired) electrons. The topological polar surface area (TPSA) is 124 Å². The molecule has 3 aromatic rings. The molecule has 1 aromatic carbocycles. The van der Waals surface area contributed by atoms with E-state index in [9.17, 15) is 14.3 Å². The highest BCUT2D eigenvalue weighted by atomic mass is 19.1. The number of carboxylic acid groups (broad SMARTS) is 1. The number of carboxylic acids is 1. The molecular formula is C25H26FN3O6. The lowest BCUT2D eigenvalue weighted by Crippen LogP contribution is -2.14. The van der Waals surface area contributed by atoms with Gasteiger partial charge in [-0.05, 0) is 43.4 Å². The van der Waals surface area contributed by atoms with E-state index in [2.05, 4.69) is 15.0 Å². The summed E-state index contributed by atoms with van der Waals surface area (Å²) in [7, 11) is 1.45. The SMILES string of the molecule is COc1cc(-c2ncc(COc3cccc([C@H](O)CC(=O)O)c3)nc2OC2CCCC2)c(F)cn1. The Bertz CT molecular complexity index is 1190. The van der Waals surface area contributed by atoms with Gasteiger partial charge in [-0.2, -0.15) is 0 Å². The molecule has 10 heteroatoms. The van der Waals surface area contributed by atoms with Gasteiger partial charge < -0.3 is 24.4 Å². The molecule has 1 fully saturated rings. The first-order valence-electron chi connectivity index (χ1n) is 11.3. The largest absolute Gasteiger partial charge is 0.487 e. The van der Waals surface area contributed by atoms with Gasteiger partial charge in [0.05, 0.1) is 32.0 Å². The normalized spacial score (nSPS) is 14.5. The van der Waals surface area contributed by atoms with Crippen molar-refractivity contribution in [3.63, 3.8) is 0 Å². The van der Waals surface area contributed by atoms with Crippen LogP contribution in [0.1, 0.15) is 49.5 Å². The van der Waals surface area contributed by atoms with Crippen LogP contribution in [0.2, 0.25) is 0 Å². The van der Waals surface area contributed by atoms with Gasteiger partial charge in [0.2, 0.25) is 11.8 Å². The summed E-state index contributed by atoms with van der Waals surface area (Å²) in [6.45, 7) is 0.0366. The molecule has 184 valence electrons. The van der Waals surface area contributed by atoms with Crippen LogP contribution in [0.25, 0.3) is 11.3 Å². The summed E-state index contributed by atoms with van der Waals surface area (Å²) in [5, 5.41) is 18.9. The number of aliphatic carboxylic acids is 1. The molecule has 0 bridgehead atoms. The highest BCUT2D eigenvalue weighted by Gasteiger charge is 2.23. The molecule has 4 rings (SSSR count). The number of aliphatic hydroxyl groups is 1. The van der Waals surface area contributed by atoms with Crippen molar-refractivity contribution in [2.24, 2.45) is 0 Å². The average molecular weight is 483 g/mol. The summed E-state index contributed by atoms with van der Waals surface area (Å²) in [5.74, 6) is -0.793. The minimum absolute atomic E-state index is 0.0292. The molecular weight excluding hydrogens is 457 g/mol. The van der Waals surface area contributed by atoms with Gasteiger partial charge in [0, 0.05) is 11.6 Å². The lowest BCUT2D eigenvalue weighted by molar-refractivity contribution is -0.139. The van der Waals surface area contributed by atoms with Gasteiger partial charge in [0.15, 0.2) is 5.82 Å². The summed E-state index contributed by atoms with van der Waals surface area (Å²) in [6, 6.07) is 8.00. The van der Waals surface area contributed by atoms with Gasteiger partial charge in [-0.25, -0.2) is 19.3 Å². The molecule has 0 aliphatic heterocycles. The third-order valence-corrected chi connectivity index (χ3v) is 5.66. The number of halogens is 1. The van der Waals surface area contributed by atoms with Crippen molar-refractivity contribution in [3.8, 4) is 28.8 Å². The van der Waals surface area contributed by atoms with E-state index in [1.54, 1.807) is 24.3 Å². The molecule has 35 heavy (non-hydrogen) atoms. The van der Waals surface area contributed by atoms with Crippen molar-refractivity contribution in [3.05, 3.63) is 59.8 Å². The second-order valence-corrected chi connectivity index (χ2v) is 8.22. The fourth-order valence-corrected chi connectivity index (χ4v) is 3.87. The number of pyridine rings is 1. The summed E-state index contributed by atoms with van der Waals surface area (Å²) in [5.41, 5.74) is 1.31. The van der Waals surface area contributed by atoms with E-state index >= 15 is 0 Å². The lowest BCUT2D eigenvalue weighted by Gasteiger charge is -2.17. The molecule has 9 nitrogen and oxygen atoms in total. The quantitative estimate of drug-likeness (QED) is 0.439. The van der Waals surface area contributed by atoms with Crippen molar-refractivity contribution >= 4 is 5.97 Å². The van der Waals surface area contributed by atoms with Crippen molar-refractivity contribution in [2.45, 2.75) is 50.9 Å². The minimum Gasteiger partial charge on any atom is -0.487 e. The number of nitrogens with zero attached hydrogens (tertiary/aromatic N) is 3. The van der Waals surface area contributed by atoms with E-state index in [4.69, 9.17) is 19.3 Å². The first-order chi connectivity index (χ1) is 16.9. The molecule has 2 heterocycles. The van der Waals surface area contributed by atoms with Crippen LogP contribution in [0.15, 0.2) is 42.7 Å². The average Bonchev–Trinajstić information content (AvgIpc) is 3.36. The Morgan fingerprint density at radius 1 is 1.20 bits per heavy atom. The Balaban J connectivity index is 1.57. The Labute approximate surface area is 201 Å². The first kappa shape index (κ1) is 24.3. The third-order valence-electron chi connectivity index (χ3n) is 5.66. The molecule has 2 aromatic heterocycles. The molecule has 1 aliphatic rings. The Kier molecular flexibility index (Phi) is 7.71. The van der Waals surface area contributed by atoms with Crippen molar-refractivity contribution in [2.75, 3.05) is 7.11 Å². The fraction of sp³-hybridized carbons (Fsp3) is 0.360.